The van der Waals surface area contributed by atoms with Gasteiger partial charge < -0.3 is 5.11 Å². The number of nitrogens with zero attached hydrogens (tertiary/aromatic N) is 3. The predicted molar refractivity (Wildman–Crippen MR) is 70.4 cm³/mol. The molecule has 7 heteroatoms. The molecule has 1 aromatic carbocycles. The van der Waals surface area contributed by atoms with E-state index in [1.807, 2.05) is 0 Å². The highest BCUT2D eigenvalue weighted by atomic mass is 35.5. The number of carboxylic acid groups (broad SMARTS) is 1. The predicted octanol–water partition coefficient (Wildman–Crippen LogP) is 2.89. The SMILES string of the molecule is O=C(O)c1cc(Cl)n2nc(-c3ccc(F)cc3)cc2n1. The summed E-state index contributed by atoms with van der Waals surface area (Å²) in [5.74, 6) is -1.51. The lowest BCUT2D eigenvalue weighted by molar-refractivity contribution is 0.0690. The Labute approximate surface area is 117 Å². The van der Waals surface area contributed by atoms with Crippen LogP contribution in [0.1, 0.15) is 10.5 Å². The minimum absolute atomic E-state index is 0.140. The van der Waals surface area contributed by atoms with Crippen LogP contribution in [0.25, 0.3) is 16.9 Å². The molecule has 0 fully saturated rings. The average molecular weight is 292 g/mol. The van der Waals surface area contributed by atoms with Crippen LogP contribution in [0.4, 0.5) is 4.39 Å². The molecule has 0 aliphatic carbocycles. The minimum Gasteiger partial charge on any atom is -0.477 e. The molecule has 3 aromatic rings. The van der Waals surface area contributed by atoms with E-state index in [0.29, 0.717) is 16.9 Å². The highest BCUT2D eigenvalue weighted by molar-refractivity contribution is 6.30. The van der Waals surface area contributed by atoms with Crippen LogP contribution in [0.3, 0.4) is 0 Å². The molecular weight excluding hydrogens is 285 g/mol. The molecular formula is C13H7ClFN3O2. The van der Waals surface area contributed by atoms with Gasteiger partial charge in [0.25, 0.3) is 0 Å². The van der Waals surface area contributed by atoms with Gasteiger partial charge in [0.15, 0.2) is 11.3 Å². The van der Waals surface area contributed by atoms with Crippen molar-refractivity contribution in [1.29, 1.82) is 0 Å². The number of benzene rings is 1. The van der Waals surface area contributed by atoms with E-state index in [1.54, 1.807) is 18.2 Å². The topological polar surface area (TPSA) is 67.5 Å². The zero-order valence-electron chi connectivity index (χ0n) is 9.92. The maximum atomic E-state index is 12.9. The van der Waals surface area contributed by atoms with Crippen molar-refractivity contribution < 1.29 is 14.3 Å². The van der Waals surface area contributed by atoms with Crippen molar-refractivity contribution in [2.24, 2.45) is 0 Å². The van der Waals surface area contributed by atoms with Crippen LogP contribution in [0.15, 0.2) is 36.4 Å². The molecule has 2 aromatic heterocycles. The molecule has 2 heterocycles. The van der Waals surface area contributed by atoms with E-state index in [9.17, 15) is 9.18 Å². The average Bonchev–Trinajstić information content (AvgIpc) is 2.84. The number of carbonyl (C=O) groups is 1. The van der Waals surface area contributed by atoms with Crippen molar-refractivity contribution in [2.45, 2.75) is 0 Å². The highest BCUT2D eigenvalue weighted by Gasteiger charge is 2.13. The van der Waals surface area contributed by atoms with Gasteiger partial charge in [-0.3, -0.25) is 0 Å². The molecule has 1 N–H and O–H groups in total. The standard InChI is InChI=1S/C13H7ClFN3O2/c14-11-5-10(13(19)20)16-12-6-9(17-18(11)12)7-1-3-8(15)4-2-7/h1-6H,(H,19,20). The fraction of sp³-hybridized carbons (Fsp3) is 0. The Morgan fingerprint density at radius 2 is 1.95 bits per heavy atom. The molecule has 0 atom stereocenters. The molecule has 20 heavy (non-hydrogen) atoms. The number of halogens is 2. The lowest BCUT2D eigenvalue weighted by Gasteiger charge is -1.98. The first-order chi connectivity index (χ1) is 9.54. The maximum Gasteiger partial charge on any atom is 0.354 e. The van der Waals surface area contributed by atoms with Crippen LogP contribution >= 0.6 is 11.6 Å². The van der Waals surface area contributed by atoms with E-state index in [-0.39, 0.29) is 16.7 Å². The van der Waals surface area contributed by atoms with Crippen LogP contribution < -0.4 is 0 Å². The summed E-state index contributed by atoms with van der Waals surface area (Å²) in [6.07, 6.45) is 0. The third kappa shape index (κ3) is 2.10. The Morgan fingerprint density at radius 1 is 1.25 bits per heavy atom. The summed E-state index contributed by atoms with van der Waals surface area (Å²) in [4.78, 5) is 14.9. The Morgan fingerprint density at radius 3 is 2.60 bits per heavy atom. The first kappa shape index (κ1) is 12.6. The van der Waals surface area contributed by atoms with Crippen molar-refractivity contribution in [3.05, 3.63) is 53.1 Å². The minimum atomic E-state index is -1.17. The molecule has 0 saturated carbocycles. The number of aromatic carboxylic acids is 1. The summed E-state index contributed by atoms with van der Waals surface area (Å²) in [5.41, 5.74) is 1.37. The first-order valence-corrected chi connectivity index (χ1v) is 5.98. The van der Waals surface area contributed by atoms with Gasteiger partial charge in [0, 0.05) is 17.7 Å². The van der Waals surface area contributed by atoms with Gasteiger partial charge in [-0.15, -0.1) is 0 Å². The van der Waals surface area contributed by atoms with Gasteiger partial charge in [-0.05, 0) is 24.3 Å². The molecule has 0 amide bonds. The molecule has 0 radical (unpaired) electrons. The molecule has 3 rings (SSSR count). The molecule has 0 bridgehead atoms. The van der Waals surface area contributed by atoms with Crippen molar-refractivity contribution >= 4 is 23.2 Å². The fourth-order valence-corrected chi connectivity index (χ4v) is 2.04. The zero-order chi connectivity index (χ0) is 14.3. The number of rotatable bonds is 2. The first-order valence-electron chi connectivity index (χ1n) is 5.60. The summed E-state index contributed by atoms with van der Waals surface area (Å²) in [6, 6.07) is 8.59. The van der Waals surface area contributed by atoms with Gasteiger partial charge in [-0.2, -0.15) is 5.10 Å². The third-order valence-corrected chi connectivity index (χ3v) is 3.01. The third-order valence-electron chi connectivity index (χ3n) is 2.74. The van der Waals surface area contributed by atoms with E-state index in [4.69, 9.17) is 16.7 Å². The quantitative estimate of drug-likeness (QED) is 0.737. The van der Waals surface area contributed by atoms with Crippen LogP contribution in [0, 0.1) is 5.82 Å². The maximum absolute atomic E-state index is 12.9. The van der Waals surface area contributed by atoms with Crippen molar-refractivity contribution in [1.82, 2.24) is 14.6 Å². The van der Waals surface area contributed by atoms with Crippen molar-refractivity contribution in [3.63, 3.8) is 0 Å². The van der Waals surface area contributed by atoms with E-state index in [2.05, 4.69) is 10.1 Å². The van der Waals surface area contributed by atoms with Crippen molar-refractivity contribution in [2.75, 3.05) is 0 Å². The van der Waals surface area contributed by atoms with E-state index in [1.165, 1.54) is 22.7 Å². The summed E-state index contributed by atoms with van der Waals surface area (Å²) < 4.78 is 14.2. The Bertz CT molecular complexity index is 814. The second-order valence-electron chi connectivity index (χ2n) is 4.08. The van der Waals surface area contributed by atoms with Gasteiger partial charge in [-0.1, -0.05) is 11.6 Å². The second-order valence-corrected chi connectivity index (χ2v) is 4.46. The number of hydrogen-bond acceptors (Lipinski definition) is 3. The van der Waals surface area contributed by atoms with E-state index < -0.39 is 5.97 Å². The normalized spacial score (nSPS) is 10.9. The van der Waals surface area contributed by atoms with Crippen LogP contribution in [-0.2, 0) is 0 Å². The van der Waals surface area contributed by atoms with Crippen LogP contribution in [0.5, 0.6) is 0 Å². The van der Waals surface area contributed by atoms with Gasteiger partial charge >= 0.3 is 5.97 Å². The molecule has 5 nitrogen and oxygen atoms in total. The molecule has 100 valence electrons. The Kier molecular flexibility index (Phi) is 2.87. The number of aromatic nitrogens is 3. The number of fused-ring (bicyclic) bond motifs is 1. The molecule has 0 unspecified atom stereocenters. The van der Waals surface area contributed by atoms with E-state index in [0.717, 1.165) is 0 Å². The van der Waals surface area contributed by atoms with Gasteiger partial charge in [0.1, 0.15) is 11.0 Å². The van der Waals surface area contributed by atoms with Crippen LogP contribution in [0.2, 0.25) is 5.15 Å². The summed E-state index contributed by atoms with van der Waals surface area (Å²) in [7, 11) is 0. The Hall–Kier alpha value is -2.47. The number of hydrogen-bond donors (Lipinski definition) is 1. The molecule has 0 aliphatic rings. The molecule has 0 saturated heterocycles. The van der Waals surface area contributed by atoms with E-state index >= 15 is 0 Å². The van der Waals surface area contributed by atoms with Crippen LogP contribution in [-0.4, -0.2) is 25.7 Å². The largest absolute Gasteiger partial charge is 0.477 e. The molecule has 0 spiro atoms. The second kappa shape index (κ2) is 4.57. The summed E-state index contributed by atoms with van der Waals surface area (Å²) in [5, 5.41) is 13.3. The summed E-state index contributed by atoms with van der Waals surface area (Å²) in [6.45, 7) is 0. The lowest BCUT2D eigenvalue weighted by Crippen LogP contribution is -2.03. The molecule has 0 aliphatic heterocycles. The lowest BCUT2D eigenvalue weighted by atomic mass is 10.1. The van der Waals surface area contributed by atoms with Gasteiger partial charge in [0.05, 0.1) is 5.69 Å². The highest BCUT2D eigenvalue weighted by Crippen LogP contribution is 2.22. The van der Waals surface area contributed by atoms with Crippen molar-refractivity contribution in [3.8, 4) is 11.3 Å². The smallest absolute Gasteiger partial charge is 0.354 e. The number of carboxylic acids is 1. The zero-order valence-corrected chi connectivity index (χ0v) is 10.7. The van der Waals surface area contributed by atoms with Gasteiger partial charge in [-0.25, -0.2) is 18.7 Å². The monoisotopic (exact) mass is 291 g/mol. The Balaban J connectivity index is 2.17. The van der Waals surface area contributed by atoms with Gasteiger partial charge in [0.2, 0.25) is 0 Å². The fourth-order valence-electron chi connectivity index (χ4n) is 1.81. The summed E-state index contributed by atoms with van der Waals surface area (Å²) >= 11 is 5.97.